The number of unbranched alkanes of at least 4 members (excludes halogenated alkanes) is 2. The first-order valence-electron chi connectivity index (χ1n) is 5.15. The molecule has 3 N–H and O–H groups in total. The molecule has 0 aliphatic heterocycles. The van der Waals surface area contributed by atoms with Crippen molar-refractivity contribution in [2.24, 2.45) is 5.84 Å². The van der Waals surface area contributed by atoms with Crippen LogP contribution in [0.4, 0.5) is 0 Å². The second-order valence-electron chi connectivity index (χ2n) is 3.33. The Morgan fingerprint density at radius 2 is 2.31 bits per heavy atom. The molecule has 0 saturated carbocycles. The highest BCUT2D eigenvalue weighted by molar-refractivity contribution is 8.00. The molecule has 0 spiro atoms. The molecule has 1 aromatic heterocycles. The minimum absolute atomic E-state index is 0.0904. The van der Waals surface area contributed by atoms with Crippen LogP contribution in [0.3, 0.4) is 0 Å². The third-order valence-corrected chi connectivity index (χ3v) is 3.95. The molecule has 0 fully saturated rings. The zero-order chi connectivity index (χ0) is 11.8. The molecule has 0 radical (unpaired) electrons. The van der Waals surface area contributed by atoms with Gasteiger partial charge < -0.3 is 0 Å². The van der Waals surface area contributed by atoms with Crippen LogP contribution in [0.15, 0.2) is 4.34 Å². The Morgan fingerprint density at radius 1 is 1.50 bits per heavy atom. The molecule has 0 bridgehead atoms. The summed E-state index contributed by atoms with van der Waals surface area (Å²) in [7, 11) is 0. The van der Waals surface area contributed by atoms with Crippen molar-refractivity contribution in [1.29, 1.82) is 0 Å². The second-order valence-corrected chi connectivity index (χ2v) is 5.43. The molecule has 1 aromatic rings. The first-order valence-corrected chi connectivity index (χ1v) is 6.91. The predicted molar refractivity (Wildman–Crippen MR) is 66.2 cm³/mol. The Bertz CT molecular complexity index is 329. The fraction of sp³-hybridized carbons (Fsp3) is 0.667. The number of aryl methyl sites for hydroxylation is 1. The summed E-state index contributed by atoms with van der Waals surface area (Å²) in [5.41, 5.74) is 2.12. The number of carbonyl (C=O) groups excluding carboxylic acids is 1. The number of hydrogen-bond donors (Lipinski definition) is 2. The number of amides is 1. The molecule has 90 valence electrons. The van der Waals surface area contributed by atoms with Crippen LogP contribution in [-0.2, 0) is 4.79 Å². The fourth-order valence-electron chi connectivity index (χ4n) is 1.13. The van der Waals surface area contributed by atoms with E-state index < -0.39 is 0 Å². The lowest BCUT2D eigenvalue weighted by atomic mass is 10.2. The summed E-state index contributed by atoms with van der Waals surface area (Å²) in [6.07, 6.45) is 3.52. The average Bonchev–Trinajstić information content (AvgIpc) is 2.69. The highest BCUT2D eigenvalue weighted by Crippen LogP contribution is 2.21. The van der Waals surface area contributed by atoms with Crippen LogP contribution in [0.2, 0.25) is 0 Å². The molecular weight excluding hydrogens is 244 g/mol. The Morgan fingerprint density at radius 3 is 2.94 bits per heavy atom. The van der Waals surface area contributed by atoms with Gasteiger partial charge in [0.15, 0.2) is 4.34 Å². The minimum atomic E-state index is -0.0904. The number of rotatable bonds is 7. The van der Waals surface area contributed by atoms with E-state index in [0.29, 0.717) is 6.42 Å². The standard InChI is InChI=1S/C9H16N4OS2/c1-7-11-9(16-13-7)15-6-4-2-3-5-8(14)12-10/h2-6,10H2,1H3,(H,12,14). The van der Waals surface area contributed by atoms with Gasteiger partial charge in [-0.2, -0.15) is 4.37 Å². The molecule has 1 heterocycles. The second kappa shape index (κ2) is 7.59. The van der Waals surface area contributed by atoms with Gasteiger partial charge in [0.25, 0.3) is 0 Å². The van der Waals surface area contributed by atoms with Gasteiger partial charge in [0.2, 0.25) is 5.91 Å². The SMILES string of the molecule is Cc1nsc(SCCCCCC(=O)NN)n1. The number of nitrogens with two attached hydrogens (primary N) is 1. The smallest absolute Gasteiger partial charge is 0.233 e. The molecule has 1 rings (SSSR count). The maximum absolute atomic E-state index is 10.8. The van der Waals surface area contributed by atoms with Gasteiger partial charge in [0.1, 0.15) is 5.82 Å². The highest BCUT2D eigenvalue weighted by atomic mass is 32.2. The summed E-state index contributed by atoms with van der Waals surface area (Å²) >= 11 is 3.17. The van der Waals surface area contributed by atoms with E-state index in [4.69, 9.17) is 5.84 Å². The Balaban J connectivity index is 1.98. The van der Waals surface area contributed by atoms with E-state index in [1.165, 1.54) is 11.5 Å². The number of aromatic nitrogens is 2. The summed E-state index contributed by atoms with van der Waals surface area (Å²) in [6.45, 7) is 1.89. The van der Waals surface area contributed by atoms with Crippen molar-refractivity contribution in [3.63, 3.8) is 0 Å². The monoisotopic (exact) mass is 260 g/mol. The van der Waals surface area contributed by atoms with Crippen molar-refractivity contribution < 1.29 is 4.79 Å². The molecule has 0 aliphatic rings. The zero-order valence-electron chi connectivity index (χ0n) is 9.23. The number of hydrogen-bond acceptors (Lipinski definition) is 6. The summed E-state index contributed by atoms with van der Waals surface area (Å²) in [4.78, 5) is 15.1. The van der Waals surface area contributed by atoms with Crippen molar-refractivity contribution in [3.8, 4) is 0 Å². The van der Waals surface area contributed by atoms with Crippen LogP contribution in [0.25, 0.3) is 0 Å². The molecule has 0 saturated heterocycles. The van der Waals surface area contributed by atoms with Gasteiger partial charge in [-0.1, -0.05) is 18.2 Å². The Kier molecular flexibility index (Phi) is 6.36. The van der Waals surface area contributed by atoms with E-state index in [-0.39, 0.29) is 5.91 Å². The number of nitrogens with one attached hydrogen (secondary N) is 1. The van der Waals surface area contributed by atoms with Gasteiger partial charge in [-0.3, -0.25) is 10.2 Å². The van der Waals surface area contributed by atoms with Crippen molar-refractivity contribution in [3.05, 3.63) is 5.82 Å². The van der Waals surface area contributed by atoms with Gasteiger partial charge in [0, 0.05) is 12.2 Å². The van der Waals surface area contributed by atoms with Gasteiger partial charge in [0.05, 0.1) is 0 Å². The van der Waals surface area contributed by atoms with Crippen LogP contribution in [0, 0.1) is 6.92 Å². The van der Waals surface area contributed by atoms with Gasteiger partial charge in [-0.15, -0.1) is 0 Å². The molecule has 16 heavy (non-hydrogen) atoms. The first kappa shape index (κ1) is 13.4. The van der Waals surface area contributed by atoms with E-state index in [9.17, 15) is 4.79 Å². The van der Waals surface area contributed by atoms with Crippen molar-refractivity contribution in [2.75, 3.05) is 5.75 Å². The Hall–Kier alpha value is -0.660. The molecule has 0 aliphatic carbocycles. The summed E-state index contributed by atoms with van der Waals surface area (Å²) < 4.78 is 5.13. The maximum atomic E-state index is 10.8. The molecule has 0 aromatic carbocycles. The summed E-state index contributed by atoms with van der Waals surface area (Å²) in [5.74, 6) is 6.75. The number of nitrogens with zero attached hydrogens (tertiary/aromatic N) is 2. The Labute approximate surface area is 103 Å². The molecule has 0 atom stereocenters. The molecule has 7 heteroatoms. The quantitative estimate of drug-likeness (QED) is 0.255. The molecular formula is C9H16N4OS2. The van der Waals surface area contributed by atoms with E-state index in [1.54, 1.807) is 11.8 Å². The topological polar surface area (TPSA) is 80.9 Å². The van der Waals surface area contributed by atoms with Crippen molar-refractivity contribution in [1.82, 2.24) is 14.8 Å². The lowest BCUT2D eigenvalue weighted by molar-refractivity contribution is -0.121. The number of carbonyl (C=O) groups is 1. The van der Waals surface area contributed by atoms with Crippen molar-refractivity contribution >= 4 is 29.2 Å². The molecule has 0 unspecified atom stereocenters. The van der Waals surface area contributed by atoms with Crippen LogP contribution in [0.5, 0.6) is 0 Å². The molecule has 5 nitrogen and oxygen atoms in total. The lowest BCUT2D eigenvalue weighted by Crippen LogP contribution is -2.29. The number of thioether (sulfide) groups is 1. The maximum Gasteiger partial charge on any atom is 0.233 e. The molecule has 1 amide bonds. The van der Waals surface area contributed by atoms with Crippen LogP contribution in [-0.4, -0.2) is 21.0 Å². The van der Waals surface area contributed by atoms with Crippen LogP contribution >= 0.6 is 23.3 Å². The van der Waals surface area contributed by atoms with E-state index in [1.807, 2.05) is 6.92 Å². The zero-order valence-corrected chi connectivity index (χ0v) is 10.9. The van der Waals surface area contributed by atoms with Gasteiger partial charge in [-0.05, 0) is 31.3 Å². The van der Waals surface area contributed by atoms with Crippen molar-refractivity contribution in [2.45, 2.75) is 36.9 Å². The average molecular weight is 260 g/mol. The normalized spacial score (nSPS) is 10.4. The van der Waals surface area contributed by atoms with Crippen LogP contribution in [0.1, 0.15) is 31.5 Å². The first-order chi connectivity index (χ1) is 7.72. The fourth-order valence-corrected chi connectivity index (χ4v) is 2.85. The largest absolute Gasteiger partial charge is 0.294 e. The predicted octanol–water partition coefficient (Wildman–Crippen LogP) is 1.49. The van der Waals surface area contributed by atoms with E-state index in [2.05, 4.69) is 14.8 Å². The summed E-state index contributed by atoms with van der Waals surface area (Å²) in [6, 6.07) is 0. The van der Waals surface area contributed by atoms with E-state index in [0.717, 1.165) is 35.2 Å². The highest BCUT2D eigenvalue weighted by Gasteiger charge is 2.01. The minimum Gasteiger partial charge on any atom is -0.294 e. The third-order valence-electron chi connectivity index (χ3n) is 1.94. The lowest BCUT2D eigenvalue weighted by Gasteiger charge is -1.99. The van der Waals surface area contributed by atoms with Gasteiger partial charge >= 0.3 is 0 Å². The third kappa shape index (κ3) is 5.43. The van der Waals surface area contributed by atoms with Crippen LogP contribution < -0.4 is 11.3 Å². The number of hydrazine groups is 1. The van der Waals surface area contributed by atoms with E-state index >= 15 is 0 Å². The summed E-state index contributed by atoms with van der Waals surface area (Å²) in [5, 5.41) is 0. The van der Waals surface area contributed by atoms with Gasteiger partial charge in [-0.25, -0.2) is 10.8 Å².